The molecule has 1 aliphatic heterocycles. The SMILES string of the molecule is CCOc1ccccc1-c1ccc2c(c1)C(C(=O)OC)=CCCN2Cc1cnn(C(C)C)c1. The van der Waals surface area contributed by atoms with E-state index in [1.165, 1.54) is 7.11 Å². The van der Waals surface area contributed by atoms with Crippen molar-refractivity contribution in [2.75, 3.05) is 25.2 Å². The van der Waals surface area contributed by atoms with Crippen molar-refractivity contribution < 1.29 is 14.3 Å². The summed E-state index contributed by atoms with van der Waals surface area (Å²) in [5.74, 6) is 0.510. The molecule has 2 aromatic carbocycles. The lowest BCUT2D eigenvalue weighted by molar-refractivity contribution is -0.133. The van der Waals surface area contributed by atoms with E-state index in [0.717, 1.165) is 53.2 Å². The highest BCUT2D eigenvalue weighted by Gasteiger charge is 2.24. The standard InChI is InChI=1S/C27H31N3O3/c1-5-33-26-11-7-6-9-22(26)21-12-13-25-24(15-21)23(27(31)32-4)10-8-14-29(25)17-20-16-28-30(18-20)19(2)3/h6-7,9-13,15-16,18-19H,5,8,14,17H2,1-4H3. The summed E-state index contributed by atoms with van der Waals surface area (Å²) in [7, 11) is 1.43. The molecule has 0 aliphatic carbocycles. The monoisotopic (exact) mass is 445 g/mol. The summed E-state index contributed by atoms with van der Waals surface area (Å²) in [5.41, 5.74) is 5.63. The van der Waals surface area contributed by atoms with Crippen molar-refractivity contribution in [3.05, 3.63) is 72.1 Å². The van der Waals surface area contributed by atoms with E-state index in [9.17, 15) is 4.79 Å². The van der Waals surface area contributed by atoms with Crippen LogP contribution in [0.1, 0.15) is 44.4 Å². The van der Waals surface area contributed by atoms with Crippen LogP contribution in [0.4, 0.5) is 5.69 Å². The molecule has 172 valence electrons. The number of carbonyl (C=O) groups is 1. The summed E-state index contributed by atoms with van der Waals surface area (Å²) < 4.78 is 13.0. The molecule has 2 heterocycles. The first-order chi connectivity index (χ1) is 16.0. The fourth-order valence-corrected chi connectivity index (χ4v) is 4.21. The van der Waals surface area contributed by atoms with Crippen LogP contribution in [0.15, 0.2) is 60.9 Å². The third-order valence-electron chi connectivity index (χ3n) is 5.84. The molecule has 4 rings (SSSR count). The van der Waals surface area contributed by atoms with Gasteiger partial charge in [-0.25, -0.2) is 4.79 Å². The Kier molecular flexibility index (Phi) is 6.82. The Balaban J connectivity index is 1.77. The third-order valence-corrected chi connectivity index (χ3v) is 5.84. The number of ether oxygens (including phenoxy) is 2. The molecule has 0 saturated heterocycles. The van der Waals surface area contributed by atoms with Gasteiger partial charge in [0.25, 0.3) is 0 Å². The summed E-state index contributed by atoms with van der Waals surface area (Å²) in [4.78, 5) is 15.0. The normalized spacial score (nSPS) is 13.4. The van der Waals surface area contributed by atoms with E-state index >= 15 is 0 Å². The Hall–Kier alpha value is -3.54. The van der Waals surface area contributed by atoms with Gasteiger partial charge in [-0.2, -0.15) is 5.10 Å². The molecule has 0 spiro atoms. The Morgan fingerprint density at radius 3 is 2.70 bits per heavy atom. The molecule has 0 atom stereocenters. The number of esters is 1. The van der Waals surface area contributed by atoms with Crippen molar-refractivity contribution in [2.45, 2.75) is 39.8 Å². The lowest BCUT2D eigenvalue weighted by Gasteiger charge is -2.25. The molecule has 0 fully saturated rings. The van der Waals surface area contributed by atoms with Gasteiger partial charge in [0.2, 0.25) is 0 Å². The zero-order chi connectivity index (χ0) is 23.4. The molecule has 0 saturated carbocycles. The molecule has 33 heavy (non-hydrogen) atoms. The molecule has 1 aromatic heterocycles. The zero-order valence-corrected chi connectivity index (χ0v) is 19.7. The van der Waals surface area contributed by atoms with Gasteiger partial charge in [-0.3, -0.25) is 4.68 Å². The second-order valence-electron chi connectivity index (χ2n) is 8.40. The Morgan fingerprint density at radius 1 is 1.15 bits per heavy atom. The van der Waals surface area contributed by atoms with Crippen LogP contribution < -0.4 is 9.64 Å². The van der Waals surface area contributed by atoms with Gasteiger partial charge < -0.3 is 14.4 Å². The molecule has 0 N–H and O–H groups in total. The van der Waals surface area contributed by atoms with Crippen molar-refractivity contribution in [2.24, 2.45) is 0 Å². The Bertz CT molecular complexity index is 1160. The van der Waals surface area contributed by atoms with Gasteiger partial charge in [-0.15, -0.1) is 0 Å². The van der Waals surface area contributed by atoms with Crippen molar-refractivity contribution in [1.82, 2.24) is 9.78 Å². The number of rotatable bonds is 7. The summed E-state index contributed by atoms with van der Waals surface area (Å²) in [6.07, 6.45) is 6.76. The van der Waals surface area contributed by atoms with Crippen LogP contribution in [0.25, 0.3) is 16.7 Å². The summed E-state index contributed by atoms with van der Waals surface area (Å²) in [5, 5.41) is 4.49. The summed E-state index contributed by atoms with van der Waals surface area (Å²) >= 11 is 0. The summed E-state index contributed by atoms with van der Waals surface area (Å²) in [6, 6.07) is 14.6. The van der Waals surface area contributed by atoms with E-state index in [-0.39, 0.29) is 5.97 Å². The second kappa shape index (κ2) is 9.94. The topological polar surface area (TPSA) is 56.6 Å². The van der Waals surface area contributed by atoms with E-state index in [1.807, 2.05) is 48.1 Å². The number of hydrogen-bond donors (Lipinski definition) is 0. The molecule has 0 radical (unpaired) electrons. The molecular weight excluding hydrogens is 414 g/mol. The minimum absolute atomic E-state index is 0.315. The number of benzene rings is 2. The van der Waals surface area contributed by atoms with Crippen molar-refractivity contribution in [1.29, 1.82) is 0 Å². The van der Waals surface area contributed by atoms with Crippen LogP contribution in [0.2, 0.25) is 0 Å². The highest BCUT2D eigenvalue weighted by Crippen LogP contribution is 2.38. The number of methoxy groups -OCH3 is 1. The van der Waals surface area contributed by atoms with E-state index < -0.39 is 0 Å². The minimum atomic E-state index is -0.319. The lowest BCUT2D eigenvalue weighted by Crippen LogP contribution is -2.23. The summed E-state index contributed by atoms with van der Waals surface area (Å²) in [6.45, 7) is 8.32. The molecule has 6 nitrogen and oxygen atoms in total. The van der Waals surface area contributed by atoms with Gasteiger partial charge in [0, 0.05) is 47.7 Å². The number of fused-ring (bicyclic) bond motifs is 1. The van der Waals surface area contributed by atoms with Crippen molar-refractivity contribution in [3.8, 4) is 16.9 Å². The lowest BCUT2D eigenvalue weighted by atomic mass is 9.96. The Labute approximate surface area is 195 Å². The average molecular weight is 446 g/mol. The first-order valence-corrected chi connectivity index (χ1v) is 11.4. The van der Waals surface area contributed by atoms with Crippen molar-refractivity contribution >= 4 is 17.2 Å². The zero-order valence-electron chi connectivity index (χ0n) is 19.7. The van der Waals surface area contributed by atoms with E-state index in [4.69, 9.17) is 9.47 Å². The van der Waals surface area contributed by atoms with Crippen LogP contribution in [-0.4, -0.2) is 36.0 Å². The van der Waals surface area contributed by atoms with E-state index in [0.29, 0.717) is 18.2 Å². The smallest absolute Gasteiger partial charge is 0.338 e. The van der Waals surface area contributed by atoms with Crippen LogP contribution in [0.5, 0.6) is 5.75 Å². The maximum atomic E-state index is 12.7. The van der Waals surface area contributed by atoms with Crippen LogP contribution in [0, 0.1) is 0 Å². The predicted molar refractivity (Wildman–Crippen MR) is 131 cm³/mol. The Morgan fingerprint density at radius 2 is 1.97 bits per heavy atom. The van der Waals surface area contributed by atoms with Gasteiger partial charge in [0.15, 0.2) is 0 Å². The number of hydrogen-bond acceptors (Lipinski definition) is 5. The fourth-order valence-electron chi connectivity index (χ4n) is 4.21. The molecular formula is C27H31N3O3. The van der Waals surface area contributed by atoms with Crippen LogP contribution in [-0.2, 0) is 16.1 Å². The molecule has 1 aliphatic rings. The van der Waals surface area contributed by atoms with Gasteiger partial charge >= 0.3 is 5.97 Å². The van der Waals surface area contributed by atoms with Gasteiger partial charge in [-0.1, -0.05) is 30.3 Å². The predicted octanol–water partition coefficient (Wildman–Crippen LogP) is 5.50. The number of para-hydroxylation sites is 1. The van der Waals surface area contributed by atoms with Crippen molar-refractivity contribution in [3.63, 3.8) is 0 Å². The maximum Gasteiger partial charge on any atom is 0.338 e. The fraction of sp³-hybridized carbons (Fsp3) is 0.333. The van der Waals surface area contributed by atoms with Gasteiger partial charge in [-0.05, 0) is 51.0 Å². The quantitative estimate of drug-likeness (QED) is 0.450. The largest absolute Gasteiger partial charge is 0.493 e. The highest BCUT2D eigenvalue weighted by atomic mass is 16.5. The second-order valence-corrected chi connectivity index (χ2v) is 8.40. The first-order valence-electron chi connectivity index (χ1n) is 11.4. The number of anilines is 1. The van der Waals surface area contributed by atoms with Crippen LogP contribution >= 0.6 is 0 Å². The maximum absolute atomic E-state index is 12.7. The molecule has 3 aromatic rings. The van der Waals surface area contributed by atoms with E-state index in [2.05, 4.69) is 48.2 Å². The van der Waals surface area contributed by atoms with Gasteiger partial charge in [0.05, 0.1) is 25.5 Å². The number of carbonyl (C=O) groups excluding carboxylic acids is 1. The number of nitrogens with zero attached hydrogens (tertiary/aromatic N) is 3. The molecule has 0 unspecified atom stereocenters. The third kappa shape index (κ3) is 4.80. The molecule has 6 heteroatoms. The van der Waals surface area contributed by atoms with Gasteiger partial charge in [0.1, 0.15) is 5.75 Å². The molecule has 0 bridgehead atoms. The number of aromatic nitrogens is 2. The first kappa shape index (κ1) is 22.6. The van der Waals surface area contributed by atoms with E-state index in [1.54, 1.807) is 0 Å². The van der Waals surface area contributed by atoms with Crippen LogP contribution in [0.3, 0.4) is 0 Å². The molecule has 0 amide bonds. The highest BCUT2D eigenvalue weighted by molar-refractivity contribution is 6.18. The average Bonchev–Trinajstić information content (AvgIpc) is 3.22. The minimum Gasteiger partial charge on any atom is -0.493 e.